The average Bonchev–Trinajstić information content (AvgIpc) is 2.34. The molecule has 0 aromatic rings. The molecule has 0 bridgehead atoms. The molecule has 0 aromatic heterocycles. The Morgan fingerprint density at radius 1 is 1.16 bits per heavy atom. The van der Waals surface area contributed by atoms with E-state index in [1.165, 1.54) is 13.0 Å². The molecule has 0 heterocycles. The Morgan fingerprint density at radius 3 is 2.26 bits per heavy atom. The summed E-state index contributed by atoms with van der Waals surface area (Å²) in [5, 5.41) is 7.27. The van der Waals surface area contributed by atoms with Crippen LogP contribution in [-0.2, 0) is 4.74 Å². The van der Waals surface area contributed by atoms with E-state index in [9.17, 15) is 0 Å². The number of nitrogens with one attached hydrogen (secondary N) is 2. The van der Waals surface area contributed by atoms with Gasteiger partial charge in [0.05, 0.1) is 6.61 Å². The summed E-state index contributed by atoms with van der Waals surface area (Å²) < 4.78 is 5.07. The molecule has 0 saturated heterocycles. The predicted molar refractivity (Wildman–Crippen MR) is 86.7 cm³/mol. The highest BCUT2D eigenvalue weighted by molar-refractivity contribution is 7.80. The van der Waals surface area contributed by atoms with Crippen LogP contribution < -0.4 is 10.6 Å². The van der Waals surface area contributed by atoms with Crippen molar-refractivity contribution in [1.82, 2.24) is 15.5 Å². The first kappa shape index (κ1) is 18.6. The molecule has 19 heavy (non-hydrogen) atoms. The zero-order valence-electron chi connectivity index (χ0n) is 13.2. The van der Waals surface area contributed by atoms with Gasteiger partial charge in [-0.3, -0.25) is 0 Å². The lowest BCUT2D eigenvalue weighted by Crippen LogP contribution is -2.45. The molecule has 114 valence electrons. The molecule has 0 aliphatic carbocycles. The fourth-order valence-corrected chi connectivity index (χ4v) is 2.42. The second-order valence-electron chi connectivity index (χ2n) is 5.04. The van der Waals surface area contributed by atoms with Crippen molar-refractivity contribution in [3.8, 4) is 0 Å². The van der Waals surface area contributed by atoms with Crippen LogP contribution in [-0.4, -0.2) is 55.4 Å². The highest BCUT2D eigenvalue weighted by Crippen LogP contribution is 1.99. The molecule has 4 nitrogen and oxygen atoms in total. The zero-order valence-corrected chi connectivity index (χ0v) is 14.0. The number of rotatable bonds is 10. The van der Waals surface area contributed by atoms with Crippen molar-refractivity contribution >= 4 is 17.3 Å². The van der Waals surface area contributed by atoms with Crippen molar-refractivity contribution < 1.29 is 4.74 Å². The number of hydrogen-bond donors (Lipinski definition) is 2. The SMILES string of the molecule is CCN(CC)CCCC(C)NC(=S)NC(C)COC. The summed E-state index contributed by atoms with van der Waals surface area (Å²) in [6.45, 7) is 12.7. The molecule has 2 atom stereocenters. The van der Waals surface area contributed by atoms with E-state index in [1.54, 1.807) is 7.11 Å². The van der Waals surface area contributed by atoms with Crippen LogP contribution >= 0.6 is 12.2 Å². The van der Waals surface area contributed by atoms with E-state index in [1.807, 2.05) is 0 Å². The highest BCUT2D eigenvalue weighted by Gasteiger charge is 2.07. The van der Waals surface area contributed by atoms with E-state index >= 15 is 0 Å². The minimum Gasteiger partial charge on any atom is -0.383 e. The second kappa shape index (κ2) is 11.4. The first-order chi connectivity index (χ1) is 9.03. The van der Waals surface area contributed by atoms with Gasteiger partial charge in [-0.25, -0.2) is 0 Å². The molecular formula is C14H31N3OS. The maximum Gasteiger partial charge on any atom is 0.166 e. The van der Waals surface area contributed by atoms with Gasteiger partial charge in [-0.1, -0.05) is 13.8 Å². The molecule has 0 amide bonds. The van der Waals surface area contributed by atoms with Crippen molar-refractivity contribution in [2.75, 3.05) is 33.4 Å². The van der Waals surface area contributed by atoms with Gasteiger partial charge in [-0.15, -0.1) is 0 Å². The summed E-state index contributed by atoms with van der Waals surface area (Å²) >= 11 is 5.28. The van der Waals surface area contributed by atoms with E-state index in [-0.39, 0.29) is 6.04 Å². The van der Waals surface area contributed by atoms with Crippen molar-refractivity contribution in [2.45, 2.75) is 52.6 Å². The first-order valence-corrected chi connectivity index (χ1v) is 7.72. The quantitative estimate of drug-likeness (QED) is 0.602. The number of methoxy groups -OCH3 is 1. The summed E-state index contributed by atoms with van der Waals surface area (Å²) in [6, 6.07) is 0.651. The summed E-state index contributed by atoms with van der Waals surface area (Å²) in [7, 11) is 1.70. The summed E-state index contributed by atoms with van der Waals surface area (Å²) in [6.07, 6.45) is 2.34. The molecule has 0 aromatic carbocycles. The summed E-state index contributed by atoms with van der Waals surface area (Å²) in [4.78, 5) is 2.45. The third kappa shape index (κ3) is 10.1. The average molecular weight is 289 g/mol. The van der Waals surface area contributed by atoms with Crippen molar-refractivity contribution in [1.29, 1.82) is 0 Å². The molecule has 0 rings (SSSR count). The second-order valence-corrected chi connectivity index (χ2v) is 5.45. The Hall–Kier alpha value is -0.390. The minimum absolute atomic E-state index is 0.243. The molecular weight excluding hydrogens is 258 g/mol. The van der Waals surface area contributed by atoms with Gasteiger partial charge in [-0.05, 0) is 58.5 Å². The van der Waals surface area contributed by atoms with Crippen molar-refractivity contribution in [3.05, 3.63) is 0 Å². The van der Waals surface area contributed by atoms with Crippen LogP contribution in [0.25, 0.3) is 0 Å². The maximum atomic E-state index is 5.28. The summed E-state index contributed by atoms with van der Waals surface area (Å²) in [5.74, 6) is 0. The minimum atomic E-state index is 0.243. The van der Waals surface area contributed by atoms with Gasteiger partial charge in [0.15, 0.2) is 5.11 Å². The Labute approximate surface area is 124 Å². The van der Waals surface area contributed by atoms with E-state index in [0.29, 0.717) is 12.6 Å². The monoisotopic (exact) mass is 289 g/mol. The highest BCUT2D eigenvalue weighted by atomic mass is 32.1. The normalized spacial score (nSPS) is 14.2. The van der Waals surface area contributed by atoms with E-state index in [2.05, 4.69) is 43.2 Å². The Bertz CT molecular complexity index is 235. The molecule has 0 aliphatic rings. The Morgan fingerprint density at radius 2 is 1.74 bits per heavy atom. The summed E-state index contributed by atoms with van der Waals surface area (Å²) in [5.41, 5.74) is 0. The van der Waals surface area contributed by atoms with Gasteiger partial charge in [0, 0.05) is 19.2 Å². The lowest BCUT2D eigenvalue weighted by atomic mass is 10.2. The van der Waals surface area contributed by atoms with Crippen LogP contribution in [0.3, 0.4) is 0 Å². The van der Waals surface area contributed by atoms with Gasteiger partial charge in [-0.2, -0.15) is 0 Å². The van der Waals surface area contributed by atoms with Crippen LogP contribution in [0, 0.1) is 0 Å². The van der Waals surface area contributed by atoms with Gasteiger partial charge in [0.2, 0.25) is 0 Å². The molecule has 0 fully saturated rings. The smallest absolute Gasteiger partial charge is 0.166 e. The number of nitrogens with zero attached hydrogens (tertiary/aromatic N) is 1. The van der Waals surface area contributed by atoms with E-state index in [4.69, 9.17) is 17.0 Å². The van der Waals surface area contributed by atoms with Crippen LogP contribution in [0.5, 0.6) is 0 Å². The van der Waals surface area contributed by atoms with Gasteiger partial charge in [0.1, 0.15) is 0 Å². The van der Waals surface area contributed by atoms with E-state index in [0.717, 1.165) is 24.6 Å². The zero-order chi connectivity index (χ0) is 14.7. The van der Waals surface area contributed by atoms with Crippen LogP contribution in [0.4, 0.5) is 0 Å². The molecule has 0 aliphatic heterocycles. The van der Waals surface area contributed by atoms with Gasteiger partial charge >= 0.3 is 0 Å². The van der Waals surface area contributed by atoms with Crippen LogP contribution in [0.1, 0.15) is 40.5 Å². The first-order valence-electron chi connectivity index (χ1n) is 7.31. The largest absolute Gasteiger partial charge is 0.383 e. The lowest BCUT2D eigenvalue weighted by molar-refractivity contribution is 0.179. The maximum absolute atomic E-state index is 5.28. The van der Waals surface area contributed by atoms with Gasteiger partial charge in [0.25, 0.3) is 0 Å². The van der Waals surface area contributed by atoms with Crippen molar-refractivity contribution in [3.63, 3.8) is 0 Å². The van der Waals surface area contributed by atoms with Crippen LogP contribution in [0.2, 0.25) is 0 Å². The van der Waals surface area contributed by atoms with Crippen LogP contribution in [0.15, 0.2) is 0 Å². The Balaban J connectivity index is 3.73. The fourth-order valence-electron chi connectivity index (χ4n) is 2.01. The molecule has 2 N–H and O–H groups in total. The number of ether oxygens (including phenoxy) is 1. The molecule has 0 spiro atoms. The number of thiocarbonyl (C=S) groups is 1. The van der Waals surface area contributed by atoms with Crippen molar-refractivity contribution in [2.24, 2.45) is 0 Å². The Kier molecular flexibility index (Phi) is 11.2. The lowest BCUT2D eigenvalue weighted by Gasteiger charge is -2.22. The third-order valence-corrected chi connectivity index (χ3v) is 3.41. The topological polar surface area (TPSA) is 36.5 Å². The predicted octanol–water partition coefficient (Wildman–Crippen LogP) is 2.00. The fraction of sp³-hybridized carbons (Fsp3) is 0.929. The van der Waals surface area contributed by atoms with Gasteiger partial charge < -0.3 is 20.3 Å². The molecule has 2 unspecified atom stereocenters. The number of hydrogen-bond acceptors (Lipinski definition) is 3. The standard InChI is InChI=1S/C14H31N3OS/c1-6-17(7-2)10-8-9-12(3)15-14(19)16-13(4)11-18-5/h12-13H,6-11H2,1-5H3,(H2,15,16,19). The molecule has 0 saturated carbocycles. The van der Waals surface area contributed by atoms with E-state index < -0.39 is 0 Å². The molecule has 5 heteroatoms. The molecule has 0 radical (unpaired) electrons. The third-order valence-electron chi connectivity index (χ3n) is 3.18.